The zero-order chi connectivity index (χ0) is 11.5. The third-order valence-electron chi connectivity index (χ3n) is 2.31. The summed E-state index contributed by atoms with van der Waals surface area (Å²) in [6.07, 6.45) is 2.74. The highest BCUT2D eigenvalue weighted by molar-refractivity contribution is 6.33. The Labute approximate surface area is 99.1 Å². The molecule has 5 heteroatoms. The summed E-state index contributed by atoms with van der Waals surface area (Å²) in [4.78, 5) is 0. The molecular weight excluding hydrogens is 224 g/mol. The van der Waals surface area contributed by atoms with Crippen molar-refractivity contribution in [2.45, 2.75) is 19.9 Å². The van der Waals surface area contributed by atoms with Gasteiger partial charge in [-0.3, -0.25) is 0 Å². The topological polar surface area (TPSA) is 56.7 Å². The molecular formula is C11H13ClN4. The summed E-state index contributed by atoms with van der Waals surface area (Å²) >= 11 is 6.13. The predicted molar refractivity (Wildman–Crippen MR) is 65.2 cm³/mol. The summed E-state index contributed by atoms with van der Waals surface area (Å²) in [5.41, 5.74) is 7.16. The highest BCUT2D eigenvalue weighted by Crippen LogP contribution is 2.27. The number of nitrogen functional groups attached to an aromatic ring is 1. The second-order valence-corrected chi connectivity index (χ2v) is 3.99. The molecule has 0 aliphatic rings. The molecule has 2 aromatic rings. The quantitative estimate of drug-likeness (QED) is 0.834. The molecule has 0 amide bonds. The first-order chi connectivity index (χ1) is 7.72. The SMILES string of the molecule is CCCn1cnnc1-c1ccc(N)cc1Cl. The molecule has 84 valence electrons. The summed E-state index contributed by atoms with van der Waals surface area (Å²) in [5.74, 6) is 0.784. The van der Waals surface area contributed by atoms with Crippen LogP contribution < -0.4 is 5.73 Å². The fourth-order valence-corrected chi connectivity index (χ4v) is 1.85. The third kappa shape index (κ3) is 2.02. The smallest absolute Gasteiger partial charge is 0.165 e. The molecule has 2 N–H and O–H groups in total. The van der Waals surface area contributed by atoms with Gasteiger partial charge in [-0.1, -0.05) is 18.5 Å². The number of anilines is 1. The molecule has 0 saturated carbocycles. The van der Waals surface area contributed by atoms with Crippen LogP contribution in [-0.2, 0) is 6.54 Å². The lowest BCUT2D eigenvalue weighted by Crippen LogP contribution is -1.99. The Morgan fingerprint density at radius 2 is 2.25 bits per heavy atom. The molecule has 0 fully saturated rings. The Morgan fingerprint density at radius 1 is 1.44 bits per heavy atom. The number of hydrogen-bond acceptors (Lipinski definition) is 3. The van der Waals surface area contributed by atoms with Crippen molar-refractivity contribution in [3.05, 3.63) is 29.5 Å². The summed E-state index contributed by atoms with van der Waals surface area (Å²) in [6, 6.07) is 5.40. The van der Waals surface area contributed by atoms with Gasteiger partial charge >= 0.3 is 0 Å². The van der Waals surface area contributed by atoms with E-state index in [1.54, 1.807) is 12.4 Å². The minimum atomic E-state index is 0.602. The van der Waals surface area contributed by atoms with Crippen LogP contribution in [0.25, 0.3) is 11.4 Å². The van der Waals surface area contributed by atoms with Crippen LogP contribution in [0, 0.1) is 0 Å². The molecule has 0 unspecified atom stereocenters. The summed E-state index contributed by atoms with van der Waals surface area (Å²) in [7, 11) is 0. The van der Waals surface area contributed by atoms with E-state index in [-0.39, 0.29) is 0 Å². The number of halogens is 1. The largest absolute Gasteiger partial charge is 0.399 e. The Hall–Kier alpha value is -1.55. The van der Waals surface area contributed by atoms with E-state index in [2.05, 4.69) is 17.1 Å². The van der Waals surface area contributed by atoms with Gasteiger partial charge in [-0.05, 0) is 24.6 Å². The van der Waals surface area contributed by atoms with Crippen LogP contribution in [0.15, 0.2) is 24.5 Å². The van der Waals surface area contributed by atoms with Crippen molar-refractivity contribution in [1.29, 1.82) is 0 Å². The predicted octanol–water partition coefficient (Wildman–Crippen LogP) is 2.59. The summed E-state index contributed by atoms with van der Waals surface area (Å²) < 4.78 is 1.98. The highest BCUT2D eigenvalue weighted by atomic mass is 35.5. The van der Waals surface area contributed by atoms with Gasteiger partial charge in [-0.2, -0.15) is 0 Å². The van der Waals surface area contributed by atoms with Gasteiger partial charge < -0.3 is 10.3 Å². The van der Waals surface area contributed by atoms with E-state index in [4.69, 9.17) is 17.3 Å². The molecule has 0 radical (unpaired) electrons. The number of nitrogens with two attached hydrogens (primary N) is 1. The molecule has 1 heterocycles. The number of benzene rings is 1. The van der Waals surface area contributed by atoms with Crippen molar-refractivity contribution in [2.75, 3.05) is 5.73 Å². The number of aromatic nitrogens is 3. The molecule has 2 rings (SSSR count). The second-order valence-electron chi connectivity index (χ2n) is 3.59. The maximum Gasteiger partial charge on any atom is 0.165 e. The van der Waals surface area contributed by atoms with Gasteiger partial charge in [-0.25, -0.2) is 0 Å². The van der Waals surface area contributed by atoms with Crippen LogP contribution in [0.2, 0.25) is 5.02 Å². The van der Waals surface area contributed by atoms with Crippen LogP contribution in [0.5, 0.6) is 0 Å². The zero-order valence-corrected chi connectivity index (χ0v) is 9.78. The van der Waals surface area contributed by atoms with E-state index in [9.17, 15) is 0 Å². The van der Waals surface area contributed by atoms with E-state index in [1.165, 1.54) is 0 Å². The van der Waals surface area contributed by atoms with Crippen LogP contribution in [0.1, 0.15) is 13.3 Å². The lowest BCUT2D eigenvalue weighted by molar-refractivity contribution is 0.683. The van der Waals surface area contributed by atoms with E-state index >= 15 is 0 Å². The molecule has 0 aliphatic carbocycles. The van der Waals surface area contributed by atoms with Crippen molar-refractivity contribution >= 4 is 17.3 Å². The summed E-state index contributed by atoms with van der Waals surface area (Å²) in [5, 5.41) is 8.59. The lowest BCUT2D eigenvalue weighted by atomic mass is 10.2. The van der Waals surface area contributed by atoms with E-state index in [0.29, 0.717) is 10.7 Å². The number of rotatable bonds is 3. The molecule has 0 spiro atoms. The van der Waals surface area contributed by atoms with Gasteiger partial charge in [0.05, 0.1) is 5.02 Å². The molecule has 16 heavy (non-hydrogen) atoms. The van der Waals surface area contributed by atoms with Gasteiger partial charge in [0.25, 0.3) is 0 Å². The first-order valence-corrected chi connectivity index (χ1v) is 5.53. The van der Waals surface area contributed by atoms with Gasteiger partial charge in [0.2, 0.25) is 0 Å². The molecule has 0 saturated heterocycles. The maximum absolute atomic E-state index is 6.13. The molecule has 0 bridgehead atoms. The first kappa shape index (κ1) is 11.0. The average molecular weight is 237 g/mol. The van der Waals surface area contributed by atoms with Crippen molar-refractivity contribution in [2.24, 2.45) is 0 Å². The maximum atomic E-state index is 6.13. The van der Waals surface area contributed by atoms with E-state index < -0.39 is 0 Å². The van der Waals surface area contributed by atoms with Crippen molar-refractivity contribution in [3.8, 4) is 11.4 Å². The van der Waals surface area contributed by atoms with Crippen LogP contribution >= 0.6 is 11.6 Å². The fraction of sp³-hybridized carbons (Fsp3) is 0.273. The molecule has 1 aromatic carbocycles. The van der Waals surface area contributed by atoms with Gasteiger partial charge in [0.15, 0.2) is 5.82 Å². The minimum absolute atomic E-state index is 0.602. The zero-order valence-electron chi connectivity index (χ0n) is 9.02. The summed E-state index contributed by atoms with van der Waals surface area (Å²) in [6.45, 7) is 2.98. The van der Waals surface area contributed by atoms with Gasteiger partial charge in [0.1, 0.15) is 6.33 Å². The normalized spacial score (nSPS) is 10.6. The van der Waals surface area contributed by atoms with Crippen LogP contribution in [0.4, 0.5) is 5.69 Å². The van der Waals surface area contributed by atoms with E-state index in [0.717, 1.165) is 24.4 Å². The first-order valence-electron chi connectivity index (χ1n) is 5.15. The Balaban J connectivity index is 2.46. The van der Waals surface area contributed by atoms with Crippen LogP contribution in [0.3, 0.4) is 0 Å². The molecule has 1 aromatic heterocycles. The fourth-order valence-electron chi connectivity index (χ4n) is 1.58. The highest BCUT2D eigenvalue weighted by Gasteiger charge is 2.10. The van der Waals surface area contributed by atoms with Crippen LogP contribution in [-0.4, -0.2) is 14.8 Å². The van der Waals surface area contributed by atoms with Gasteiger partial charge in [0, 0.05) is 17.8 Å². The Bertz CT molecular complexity index is 492. The third-order valence-corrected chi connectivity index (χ3v) is 2.63. The standard InChI is InChI=1S/C11H13ClN4/c1-2-5-16-7-14-15-11(16)9-4-3-8(13)6-10(9)12/h3-4,6-7H,2,5,13H2,1H3. The van der Waals surface area contributed by atoms with Crippen molar-refractivity contribution in [3.63, 3.8) is 0 Å². The Kier molecular flexibility index (Phi) is 3.10. The number of hydrogen-bond donors (Lipinski definition) is 1. The number of aryl methyl sites for hydroxylation is 1. The monoisotopic (exact) mass is 236 g/mol. The average Bonchev–Trinajstić information content (AvgIpc) is 2.67. The number of nitrogens with zero attached hydrogens (tertiary/aromatic N) is 3. The minimum Gasteiger partial charge on any atom is -0.399 e. The van der Waals surface area contributed by atoms with Crippen molar-refractivity contribution in [1.82, 2.24) is 14.8 Å². The van der Waals surface area contributed by atoms with Crippen molar-refractivity contribution < 1.29 is 0 Å². The van der Waals surface area contributed by atoms with E-state index in [1.807, 2.05) is 16.7 Å². The second kappa shape index (κ2) is 4.53. The Morgan fingerprint density at radius 3 is 2.94 bits per heavy atom. The van der Waals surface area contributed by atoms with Gasteiger partial charge in [-0.15, -0.1) is 10.2 Å². The molecule has 0 atom stereocenters. The molecule has 4 nitrogen and oxygen atoms in total. The lowest BCUT2D eigenvalue weighted by Gasteiger charge is -2.06. The molecule has 0 aliphatic heterocycles.